The lowest BCUT2D eigenvalue weighted by molar-refractivity contribution is -0.384. The fourth-order valence-electron chi connectivity index (χ4n) is 3.25. The Morgan fingerprint density at radius 1 is 1.25 bits per heavy atom. The Hall–Kier alpha value is -3.19. The van der Waals surface area contributed by atoms with Crippen molar-refractivity contribution in [2.45, 2.75) is 19.4 Å². The van der Waals surface area contributed by atoms with Gasteiger partial charge in [-0.3, -0.25) is 19.8 Å². The van der Waals surface area contributed by atoms with Crippen LogP contribution in [-0.4, -0.2) is 42.0 Å². The van der Waals surface area contributed by atoms with Crippen LogP contribution in [-0.2, 0) is 4.79 Å². The third kappa shape index (κ3) is 4.37. The summed E-state index contributed by atoms with van der Waals surface area (Å²) in [5.74, 6) is 0.0946. The summed E-state index contributed by atoms with van der Waals surface area (Å²) in [6.45, 7) is 3.22. The Bertz CT molecular complexity index is 896. The van der Waals surface area contributed by atoms with Crippen molar-refractivity contribution in [1.29, 1.82) is 0 Å². The molecule has 7 heteroatoms. The van der Waals surface area contributed by atoms with Crippen LogP contribution in [0.4, 0.5) is 11.4 Å². The highest BCUT2D eigenvalue weighted by Crippen LogP contribution is 2.29. The molecule has 1 N–H and O–H groups in total. The maximum Gasteiger partial charge on any atom is 0.296 e. The van der Waals surface area contributed by atoms with Crippen molar-refractivity contribution in [3.63, 3.8) is 0 Å². The van der Waals surface area contributed by atoms with Crippen LogP contribution in [0, 0.1) is 10.1 Å². The van der Waals surface area contributed by atoms with Crippen LogP contribution in [0.3, 0.4) is 0 Å². The summed E-state index contributed by atoms with van der Waals surface area (Å²) < 4.78 is 5.02. The van der Waals surface area contributed by atoms with Crippen LogP contribution in [0.15, 0.2) is 54.6 Å². The Balaban J connectivity index is 1.67. The summed E-state index contributed by atoms with van der Waals surface area (Å²) in [6, 6.07) is 14.2. The van der Waals surface area contributed by atoms with E-state index in [4.69, 9.17) is 4.74 Å². The molecule has 28 heavy (non-hydrogen) atoms. The van der Waals surface area contributed by atoms with Gasteiger partial charge in [-0.25, -0.2) is 0 Å². The number of ether oxygens (including phenoxy) is 1. The largest absolute Gasteiger partial charge is 0.496 e. The molecule has 2 aromatic rings. The molecule has 0 bridgehead atoms. The van der Waals surface area contributed by atoms with Gasteiger partial charge in [-0.2, -0.15) is 0 Å². The fraction of sp³-hybridized carbons (Fsp3) is 0.286. The molecular formula is C21H23N3O4. The second-order valence-electron chi connectivity index (χ2n) is 6.65. The number of amides is 1. The van der Waals surface area contributed by atoms with Gasteiger partial charge in [-0.05, 0) is 36.6 Å². The van der Waals surface area contributed by atoms with Gasteiger partial charge < -0.3 is 10.1 Å². The number of nitro groups is 1. The molecule has 1 aliphatic rings. The summed E-state index contributed by atoms with van der Waals surface area (Å²) in [7, 11) is 1.44. The van der Waals surface area contributed by atoms with E-state index in [0.717, 1.165) is 13.0 Å². The molecule has 0 radical (unpaired) electrons. The van der Waals surface area contributed by atoms with E-state index in [9.17, 15) is 14.9 Å². The second kappa shape index (κ2) is 8.67. The van der Waals surface area contributed by atoms with E-state index in [2.05, 4.69) is 28.4 Å². The molecule has 0 aromatic heterocycles. The minimum Gasteiger partial charge on any atom is -0.496 e. The van der Waals surface area contributed by atoms with Crippen LogP contribution in [0.5, 0.6) is 5.75 Å². The first-order chi connectivity index (χ1) is 13.5. The Morgan fingerprint density at radius 3 is 2.61 bits per heavy atom. The maximum atomic E-state index is 12.7. The number of carbonyl (C=O) groups excluding carboxylic acids is 1. The number of benzene rings is 2. The minimum absolute atomic E-state index is 0.167. The lowest BCUT2D eigenvalue weighted by Crippen LogP contribution is -2.44. The molecule has 1 amide bonds. The summed E-state index contributed by atoms with van der Waals surface area (Å²) in [5, 5.41) is 14.0. The van der Waals surface area contributed by atoms with Crippen molar-refractivity contribution in [3.8, 4) is 5.75 Å². The highest BCUT2D eigenvalue weighted by Gasteiger charge is 2.25. The summed E-state index contributed by atoms with van der Waals surface area (Å²) >= 11 is 0. The Labute approximate surface area is 163 Å². The molecule has 0 aliphatic carbocycles. The Morgan fingerprint density at radius 2 is 2.00 bits per heavy atom. The first-order valence-electron chi connectivity index (χ1n) is 9.11. The average molecular weight is 381 g/mol. The smallest absolute Gasteiger partial charge is 0.296 e. The monoisotopic (exact) mass is 381 g/mol. The van der Waals surface area contributed by atoms with Gasteiger partial charge in [0, 0.05) is 13.1 Å². The van der Waals surface area contributed by atoms with Crippen LogP contribution < -0.4 is 10.1 Å². The number of hydrogen-bond donors (Lipinski definition) is 1. The molecule has 1 aliphatic heterocycles. The van der Waals surface area contributed by atoms with Crippen molar-refractivity contribution in [2.24, 2.45) is 0 Å². The number of carbonyl (C=O) groups is 1. The minimum atomic E-state index is -0.529. The Kier molecular flexibility index (Phi) is 6.06. The van der Waals surface area contributed by atoms with E-state index < -0.39 is 11.0 Å². The molecule has 7 nitrogen and oxygen atoms in total. The van der Waals surface area contributed by atoms with Gasteiger partial charge in [-0.1, -0.05) is 36.4 Å². The topological polar surface area (TPSA) is 84.7 Å². The molecule has 1 heterocycles. The summed E-state index contributed by atoms with van der Waals surface area (Å²) in [4.78, 5) is 25.5. The van der Waals surface area contributed by atoms with Crippen LogP contribution >= 0.6 is 0 Å². The summed E-state index contributed by atoms with van der Waals surface area (Å²) in [6.07, 6.45) is 2.99. The van der Waals surface area contributed by atoms with Gasteiger partial charge in [0.2, 0.25) is 5.91 Å². The van der Waals surface area contributed by atoms with Crippen molar-refractivity contribution in [1.82, 2.24) is 4.90 Å². The standard InChI is InChI=1S/C21H23N3O4/c1-15(23-12-10-17(11-13-23)16-6-4-3-5-7-16)21(25)22-19-9-8-18(28-2)14-20(19)24(26)27/h3-10,14-15H,11-13H2,1-2H3,(H,22,25)/t15-/m0/s1. The van der Waals surface area contributed by atoms with E-state index in [1.165, 1.54) is 30.4 Å². The summed E-state index contributed by atoms with van der Waals surface area (Å²) in [5.41, 5.74) is 2.45. The first kappa shape index (κ1) is 19.6. The van der Waals surface area contributed by atoms with E-state index in [0.29, 0.717) is 12.3 Å². The predicted octanol–water partition coefficient (Wildman–Crippen LogP) is 3.72. The number of nitro benzene ring substituents is 1. The van der Waals surface area contributed by atoms with Crippen molar-refractivity contribution in [3.05, 3.63) is 70.3 Å². The molecule has 1 atom stereocenters. The van der Waals surface area contributed by atoms with E-state index in [1.807, 2.05) is 25.1 Å². The SMILES string of the molecule is COc1ccc(NC(=O)[C@H](C)N2CC=C(c3ccccc3)CC2)c([N+](=O)[O-])c1. The second-order valence-corrected chi connectivity index (χ2v) is 6.65. The third-order valence-corrected chi connectivity index (χ3v) is 4.97. The molecule has 0 saturated carbocycles. The molecule has 3 rings (SSSR count). The van der Waals surface area contributed by atoms with Gasteiger partial charge in [0.05, 0.1) is 24.1 Å². The van der Waals surface area contributed by atoms with Crippen molar-refractivity contribution in [2.75, 3.05) is 25.5 Å². The number of hydrogen-bond acceptors (Lipinski definition) is 5. The molecular weight excluding hydrogens is 358 g/mol. The van der Waals surface area contributed by atoms with Gasteiger partial charge >= 0.3 is 0 Å². The van der Waals surface area contributed by atoms with E-state index in [1.54, 1.807) is 6.07 Å². The number of rotatable bonds is 6. The normalized spacial score (nSPS) is 15.4. The highest BCUT2D eigenvalue weighted by atomic mass is 16.6. The number of nitrogens with one attached hydrogen (secondary N) is 1. The van der Waals surface area contributed by atoms with Gasteiger partial charge in [0.1, 0.15) is 11.4 Å². The quantitative estimate of drug-likeness (QED) is 0.609. The lowest BCUT2D eigenvalue weighted by Gasteiger charge is -2.31. The molecule has 2 aromatic carbocycles. The first-order valence-corrected chi connectivity index (χ1v) is 9.11. The molecule has 0 spiro atoms. The van der Waals surface area contributed by atoms with E-state index >= 15 is 0 Å². The molecule has 146 valence electrons. The number of nitrogens with zero attached hydrogens (tertiary/aromatic N) is 2. The lowest BCUT2D eigenvalue weighted by atomic mass is 9.99. The maximum absolute atomic E-state index is 12.7. The van der Waals surface area contributed by atoms with Crippen LogP contribution in [0.1, 0.15) is 18.9 Å². The average Bonchev–Trinajstić information content (AvgIpc) is 2.74. The molecule has 0 unspecified atom stereocenters. The third-order valence-electron chi connectivity index (χ3n) is 4.97. The predicted molar refractivity (Wildman–Crippen MR) is 108 cm³/mol. The van der Waals surface area contributed by atoms with Gasteiger partial charge in [0.25, 0.3) is 5.69 Å². The molecule has 0 saturated heterocycles. The molecule has 0 fully saturated rings. The van der Waals surface area contributed by atoms with Crippen LogP contribution in [0.2, 0.25) is 0 Å². The van der Waals surface area contributed by atoms with Crippen molar-refractivity contribution < 1.29 is 14.5 Å². The van der Waals surface area contributed by atoms with Crippen LogP contribution in [0.25, 0.3) is 5.57 Å². The van der Waals surface area contributed by atoms with Gasteiger partial charge in [0.15, 0.2) is 0 Å². The van der Waals surface area contributed by atoms with Crippen molar-refractivity contribution >= 4 is 22.9 Å². The fourth-order valence-corrected chi connectivity index (χ4v) is 3.25. The zero-order chi connectivity index (χ0) is 20.1. The van der Waals surface area contributed by atoms with E-state index in [-0.39, 0.29) is 17.3 Å². The zero-order valence-electron chi connectivity index (χ0n) is 15.9. The number of methoxy groups -OCH3 is 1. The zero-order valence-corrected chi connectivity index (χ0v) is 15.9. The van der Waals surface area contributed by atoms with Gasteiger partial charge in [-0.15, -0.1) is 0 Å². The number of anilines is 1. The highest BCUT2D eigenvalue weighted by molar-refractivity contribution is 5.96.